The van der Waals surface area contributed by atoms with E-state index in [1.54, 1.807) is 6.08 Å². The maximum atomic E-state index is 10.3. The molecule has 16 heavy (non-hydrogen) atoms. The Balaban J connectivity index is 2.31. The molecule has 0 atom stereocenters. The van der Waals surface area contributed by atoms with Crippen LogP contribution < -0.4 is 0 Å². The lowest BCUT2D eigenvalue weighted by atomic mass is 10.3. The summed E-state index contributed by atoms with van der Waals surface area (Å²) >= 11 is 0. The van der Waals surface area contributed by atoms with Gasteiger partial charge in [-0.3, -0.25) is 0 Å². The third-order valence-electron chi connectivity index (χ3n) is 2.44. The number of para-hydroxylation sites is 2. The third-order valence-corrected chi connectivity index (χ3v) is 2.44. The molecule has 1 heterocycles. The molecule has 2 aromatic rings. The summed E-state index contributed by atoms with van der Waals surface area (Å²) in [5, 5.41) is 8.49. The topological polar surface area (TPSA) is 55.1 Å². The van der Waals surface area contributed by atoms with E-state index in [1.807, 2.05) is 35.9 Å². The Bertz CT molecular complexity index is 555. The van der Waals surface area contributed by atoms with Crippen LogP contribution in [0.15, 0.2) is 36.4 Å². The molecule has 0 unspecified atom stereocenters. The number of carbonyl (C=O) groups is 1. The fourth-order valence-electron chi connectivity index (χ4n) is 1.64. The zero-order chi connectivity index (χ0) is 11.5. The van der Waals surface area contributed by atoms with Crippen LogP contribution in [0, 0.1) is 0 Å². The lowest BCUT2D eigenvalue weighted by Gasteiger charge is -1.97. The maximum Gasteiger partial charge on any atom is 0.327 e. The minimum absolute atomic E-state index is 0.525. The van der Waals surface area contributed by atoms with Crippen molar-refractivity contribution < 1.29 is 9.90 Å². The Hall–Kier alpha value is -2.10. The van der Waals surface area contributed by atoms with Crippen LogP contribution in [0.5, 0.6) is 0 Å². The van der Waals surface area contributed by atoms with E-state index in [-0.39, 0.29) is 0 Å². The third kappa shape index (κ3) is 1.95. The standard InChI is InChI=1S/C12H12N2O2/c1-14-10-6-3-2-5-9(10)13-11(14)7-4-8-12(15)16/h2-6,8H,7H2,1H3,(H,15,16). The van der Waals surface area contributed by atoms with Crippen molar-refractivity contribution in [1.29, 1.82) is 0 Å². The Kier molecular flexibility index (Phi) is 2.72. The average molecular weight is 216 g/mol. The lowest BCUT2D eigenvalue weighted by molar-refractivity contribution is -0.131. The summed E-state index contributed by atoms with van der Waals surface area (Å²) in [4.78, 5) is 14.8. The minimum atomic E-state index is -0.932. The van der Waals surface area contributed by atoms with Crippen molar-refractivity contribution in [2.24, 2.45) is 7.05 Å². The van der Waals surface area contributed by atoms with Crippen molar-refractivity contribution >= 4 is 17.0 Å². The van der Waals surface area contributed by atoms with E-state index in [9.17, 15) is 4.79 Å². The molecule has 82 valence electrons. The van der Waals surface area contributed by atoms with Crippen molar-refractivity contribution in [2.75, 3.05) is 0 Å². The van der Waals surface area contributed by atoms with Crippen LogP contribution in [-0.2, 0) is 18.3 Å². The molecule has 1 aromatic carbocycles. The fraction of sp³-hybridized carbons (Fsp3) is 0.167. The van der Waals surface area contributed by atoms with Crippen LogP contribution in [0.25, 0.3) is 11.0 Å². The number of aromatic nitrogens is 2. The second-order valence-electron chi connectivity index (χ2n) is 3.52. The van der Waals surface area contributed by atoms with Gasteiger partial charge in [0.25, 0.3) is 0 Å². The predicted molar refractivity (Wildman–Crippen MR) is 61.2 cm³/mol. The van der Waals surface area contributed by atoms with Crippen LogP contribution >= 0.6 is 0 Å². The highest BCUT2D eigenvalue weighted by atomic mass is 16.4. The van der Waals surface area contributed by atoms with Gasteiger partial charge < -0.3 is 9.67 Å². The first-order valence-electron chi connectivity index (χ1n) is 4.98. The largest absolute Gasteiger partial charge is 0.478 e. The molecule has 0 spiro atoms. The number of hydrogen-bond donors (Lipinski definition) is 1. The van der Waals surface area contributed by atoms with E-state index in [4.69, 9.17) is 5.11 Å². The van der Waals surface area contributed by atoms with Gasteiger partial charge in [-0.15, -0.1) is 0 Å². The van der Waals surface area contributed by atoms with Gasteiger partial charge in [-0.25, -0.2) is 9.78 Å². The molecule has 0 bridgehead atoms. The van der Waals surface area contributed by atoms with Crippen LogP contribution in [-0.4, -0.2) is 20.6 Å². The monoisotopic (exact) mass is 216 g/mol. The maximum absolute atomic E-state index is 10.3. The SMILES string of the molecule is Cn1c(CC=CC(=O)O)nc2ccccc21. The molecule has 0 aliphatic rings. The van der Waals surface area contributed by atoms with Gasteiger partial charge in [0.05, 0.1) is 11.0 Å². The van der Waals surface area contributed by atoms with Gasteiger partial charge in [0.1, 0.15) is 5.82 Å². The van der Waals surface area contributed by atoms with Crippen molar-refractivity contribution in [1.82, 2.24) is 9.55 Å². The molecular formula is C12H12N2O2. The molecule has 0 fully saturated rings. The van der Waals surface area contributed by atoms with E-state index >= 15 is 0 Å². The number of allylic oxidation sites excluding steroid dienone is 1. The molecule has 2 rings (SSSR count). The van der Waals surface area contributed by atoms with Crippen molar-refractivity contribution in [2.45, 2.75) is 6.42 Å². The summed E-state index contributed by atoms with van der Waals surface area (Å²) in [6.45, 7) is 0. The second-order valence-corrected chi connectivity index (χ2v) is 3.52. The number of nitrogens with zero attached hydrogens (tertiary/aromatic N) is 2. The molecule has 0 radical (unpaired) electrons. The Labute approximate surface area is 92.8 Å². The number of imidazole rings is 1. The van der Waals surface area contributed by atoms with Gasteiger partial charge in [-0.05, 0) is 12.1 Å². The number of hydrogen-bond acceptors (Lipinski definition) is 2. The summed E-state index contributed by atoms with van der Waals surface area (Å²) in [7, 11) is 1.93. The molecule has 4 heteroatoms. The number of aliphatic carboxylic acids is 1. The highest BCUT2D eigenvalue weighted by Gasteiger charge is 2.04. The number of benzene rings is 1. The smallest absolute Gasteiger partial charge is 0.327 e. The number of aryl methyl sites for hydroxylation is 1. The molecule has 1 N–H and O–H groups in total. The summed E-state index contributed by atoms with van der Waals surface area (Å²) < 4.78 is 1.97. The van der Waals surface area contributed by atoms with E-state index in [0.717, 1.165) is 22.9 Å². The molecule has 0 aliphatic carbocycles. The zero-order valence-electron chi connectivity index (χ0n) is 8.92. The van der Waals surface area contributed by atoms with Crippen LogP contribution in [0.1, 0.15) is 5.82 Å². The first-order valence-corrected chi connectivity index (χ1v) is 4.98. The number of carboxylic acid groups (broad SMARTS) is 1. The molecule has 4 nitrogen and oxygen atoms in total. The van der Waals surface area contributed by atoms with Gasteiger partial charge in [0.2, 0.25) is 0 Å². The Morgan fingerprint density at radius 3 is 2.94 bits per heavy atom. The summed E-state index contributed by atoms with van der Waals surface area (Å²) in [6.07, 6.45) is 3.26. The molecule has 0 amide bonds. The number of rotatable bonds is 3. The zero-order valence-corrected chi connectivity index (χ0v) is 8.92. The molecule has 1 aromatic heterocycles. The quantitative estimate of drug-likeness (QED) is 0.795. The molecule has 0 saturated heterocycles. The van der Waals surface area contributed by atoms with Gasteiger partial charge in [-0.2, -0.15) is 0 Å². The van der Waals surface area contributed by atoms with Crippen molar-refractivity contribution in [3.05, 3.63) is 42.2 Å². The van der Waals surface area contributed by atoms with E-state index < -0.39 is 5.97 Å². The van der Waals surface area contributed by atoms with Crippen LogP contribution in [0.3, 0.4) is 0 Å². The first kappa shape index (κ1) is 10.4. The summed E-state index contributed by atoms with van der Waals surface area (Å²) in [5.41, 5.74) is 1.99. The van der Waals surface area contributed by atoms with Gasteiger partial charge in [0.15, 0.2) is 0 Å². The van der Waals surface area contributed by atoms with Gasteiger partial charge in [0, 0.05) is 19.5 Å². The minimum Gasteiger partial charge on any atom is -0.478 e. The molecule has 0 saturated carbocycles. The first-order chi connectivity index (χ1) is 7.68. The van der Waals surface area contributed by atoms with Crippen LogP contribution in [0.4, 0.5) is 0 Å². The number of fused-ring (bicyclic) bond motifs is 1. The van der Waals surface area contributed by atoms with Crippen molar-refractivity contribution in [3.63, 3.8) is 0 Å². The highest BCUT2D eigenvalue weighted by Crippen LogP contribution is 2.14. The summed E-state index contributed by atoms with van der Waals surface area (Å²) in [5.74, 6) is -0.0718. The lowest BCUT2D eigenvalue weighted by Crippen LogP contribution is -1.96. The van der Waals surface area contributed by atoms with Gasteiger partial charge in [-0.1, -0.05) is 18.2 Å². The average Bonchev–Trinajstić information content (AvgIpc) is 2.56. The molecule has 0 aliphatic heterocycles. The fourth-order valence-corrected chi connectivity index (χ4v) is 1.64. The van der Waals surface area contributed by atoms with Crippen LogP contribution in [0.2, 0.25) is 0 Å². The normalized spacial score (nSPS) is 11.3. The van der Waals surface area contributed by atoms with E-state index in [1.165, 1.54) is 0 Å². The predicted octanol–water partition coefficient (Wildman–Crippen LogP) is 1.76. The number of carboxylic acids is 1. The Morgan fingerprint density at radius 2 is 2.25 bits per heavy atom. The Morgan fingerprint density at radius 1 is 1.50 bits per heavy atom. The molecular weight excluding hydrogens is 204 g/mol. The van der Waals surface area contributed by atoms with E-state index in [0.29, 0.717) is 6.42 Å². The summed E-state index contributed by atoms with van der Waals surface area (Å²) in [6, 6.07) is 7.83. The highest BCUT2D eigenvalue weighted by molar-refractivity contribution is 5.79. The second kappa shape index (κ2) is 4.18. The van der Waals surface area contributed by atoms with E-state index in [2.05, 4.69) is 4.98 Å². The van der Waals surface area contributed by atoms with Crippen molar-refractivity contribution in [3.8, 4) is 0 Å². The van der Waals surface area contributed by atoms with Gasteiger partial charge >= 0.3 is 5.97 Å².